The van der Waals surface area contributed by atoms with Crippen LogP contribution in [0.3, 0.4) is 0 Å². The van der Waals surface area contributed by atoms with Gasteiger partial charge in [-0.1, -0.05) is 48.0 Å². The van der Waals surface area contributed by atoms with E-state index in [1.807, 2.05) is 42.5 Å². The lowest BCUT2D eigenvalue weighted by molar-refractivity contribution is 0.0357. The highest BCUT2D eigenvalue weighted by Crippen LogP contribution is 2.23. The molecule has 3 aromatic rings. The molecule has 0 saturated heterocycles. The number of hydroxylamine groups is 1. The first-order valence-corrected chi connectivity index (χ1v) is 7.90. The predicted octanol–water partition coefficient (Wildman–Crippen LogP) is 3.87. The van der Waals surface area contributed by atoms with Gasteiger partial charge in [-0.3, -0.25) is 9.63 Å². The fraction of sp³-hybridized carbons (Fsp3) is 0.111. The van der Waals surface area contributed by atoms with Crippen LogP contribution in [-0.4, -0.2) is 22.3 Å². The Labute approximate surface area is 144 Å². The maximum Gasteiger partial charge on any atom is 0.293 e. The lowest BCUT2D eigenvalue weighted by Crippen LogP contribution is -2.26. The smallest absolute Gasteiger partial charge is 0.274 e. The topological polar surface area (TPSA) is 56.1 Å². The molecule has 1 amide bonds. The van der Waals surface area contributed by atoms with Gasteiger partial charge in [-0.15, -0.1) is 0 Å². The second-order valence-electron chi connectivity index (χ2n) is 5.04. The summed E-state index contributed by atoms with van der Waals surface area (Å²) in [5.74, 6) is -0.369. The minimum Gasteiger partial charge on any atom is -0.274 e. The largest absolute Gasteiger partial charge is 0.293 e. The van der Waals surface area contributed by atoms with Crippen LogP contribution >= 0.6 is 11.6 Å². The minimum absolute atomic E-state index is 0.365. The SMILES string of the molecule is CCONC(=O)c1cc(-c2ccccc2)nn1-c1cccc(Cl)c1. The van der Waals surface area contributed by atoms with Crippen LogP contribution in [0.2, 0.25) is 5.02 Å². The Kier molecular flexibility index (Phi) is 4.93. The number of aromatic nitrogens is 2. The zero-order valence-electron chi connectivity index (χ0n) is 13.1. The molecule has 1 N–H and O–H groups in total. The molecule has 2 aromatic carbocycles. The molecule has 0 unspecified atom stereocenters. The highest BCUT2D eigenvalue weighted by atomic mass is 35.5. The number of nitrogens with zero attached hydrogens (tertiary/aromatic N) is 2. The predicted molar refractivity (Wildman–Crippen MR) is 93.1 cm³/mol. The molecule has 3 rings (SSSR count). The second kappa shape index (κ2) is 7.29. The molecule has 1 heterocycles. The Morgan fingerprint density at radius 1 is 1.17 bits per heavy atom. The summed E-state index contributed by atoms with van der Waals surface area (Å²) < 4.78 is 1.56. The van der Waals surface area contributed by atoms with Gasteiger partial charge in [-0.2, -0.15) is 5.10 Å². The van der Waals surface area contributed by atoms with Gasteiger partial charge in [0.15, 0.2) is 0 Å². The molecule has 0 spiro atoms. The maximum absolute atomic E-state index is 12.4. The first-order chi connectivity index (χ1) is 11.7. The average molecular weight is 342 g/mol. The van der Waals surface area contributed by atoms with Crippen LogP contribution in [0, 0.1) is 0 Å². The number of carbonyl (C=O) groups excluding carboxylic acids is 1. The van der Waals surface area contributed by atoms with E-state index in [0.717, 1.165) is 5.56 Å². The molecule has 0 fully saturated rings. The summed E-state index contributed by atoms with van der Waals surface area (Å²) in [4.78, 5) is 17.4. The maximum atomic E-state index is 12.4. The summed E-state index contributed by atoms with van der Waals surface area (Å²) in [6.45, 7) is 2.17. The highest BCUT2D eigenvalue weighted by Gasteiger charge is 2.17. The van der Waals surface area contributed by atoms with Gasteiger partial charge >= 0.3 is 0 Å². The molecule has 6 heteroatoms. The Hall–Kier alpha value is -2.63. The van der Waals surface area contributed by atoms with Crippen molar-refractivity contribution in [2.24, 2.45) is 0 Å². The molecule has 0 aliphatic rings. The van der Waals surface area contributed by atoms with Gasteiger partial charge in [-0.05, 0) is 31.2 Å². The van der Waals surface area contributed by atoms with Crippen LogP contribution < -0.4 is 5.48 Å². The molecular formula is C18H16ClN3O2. The van der Waals surface area contributed by atoms with E-state index in [1.165, 1.54) is 0 Å². The summed E-state index contributed by atoms with van der Waals surface area (Å²) in [6, 6.07) is 18.6. The van der Waals surface area contributed by atoms with Crippen LogP contribution in [0.5, 0.6) is 0 Å². The van der Waals surface area contributed by atoms with Crippen molar-refractivity contribution in [2.45, 2.75) is 6.92 Å². The number of benzene rings is 2. The van der Waals surface area contributed by atoms with E-state index < -0.39 is 0 Å². The zero-order chi connectivity index (χ0) is 16.9. The quantitative estimate of drug-likeness (QED) is 0.717. The fourth-order valence-corrected chi connectivity index (χ4v) is 2.47. The summed E-state index contributed by atoms with van der Waals surface area (Å²) in [5, 5.41) is 5.13. The summed E-state index contributed by atoms with van der Waals surface area (Å²) in [7, 11) is 0. The van der Waals surface area contributed by atoms with Crippen LogP contribution in [0.25, 0.3) is 16.9 Å². The van der Waals surface area contributed by atoms with Crippen molar-refractivity contribution in [1.29, 1.82) is 0 Å². The van der Waals surface area contributed by atoms with E-state index in [0.29, 0.717) is 28.7 Å². The number of amides is 1. The van der Waals surface area contributed by atoms with Crippen molar-refractivity contribution >= 4 is 17.5 Å². The molecule has 0 radical (unpaired) electrons. The lowest BCUT2D eigenvalue weighted by Gasteiger charge is -2.08. The molecule has 24 heavy (non-hydrogen) atoms. The molecule has 5 nitrogen and oxygen atoms in total. The molecule has 0 atom stereocenters. The third-order valence-corrected chi connectivity index (χ3v) is 3.61. The van der Waals surface area contributed by atoms with Crippen molar-refractivity contribution in [3.05, 3.63) is 71.4 Å². The number of rotatable bonds is 5. The third-order valence-electron chi connectivity index (χ3n) is 3.37. The summed E-state index contributed by atoms with van der Waals surface area (Å²) in [6.07, 6.45) is 0. The minimum atomic E-state index is -0.369. The van der Waals surface area contributed by atoms with Crippen LogP contribution in [0.1, 0.15) is 17.4 Å². The standard InChI is InChI=1S/C18H16ClN3O2/c1-2-24-21-18(23)17-12-16(13-7-4-3-5-8-13)20-22(17)15-10-6-9-14(19)11-15/h3-12H,2H2,1H3,(H,21,23). The number of hydrogen-bond donors (Lipinski definition) is 1. The van der Waals surface area contributed by atoms with Gasteiger partial charge in [0.1, 0.15) is 5.69 Å². The van der Waals surface area contributed by atoms with Crippen molar-refractivity contribution in [3.63, 3.8) is 0 Å². The van der Waals surface area contributed by atoms with Gasteiger partial charge in [0.2, 0.25) is 0 Å². The Balaban J connectivity index is 2.08. The van der Waals surface area contributed by atoms with Gasteiger partial charge < -0.3 is 0 Å². The molecule has 1 aromatic heterocycles. The molecule has 122 valence electrons. The Morgan fingerprint density at radius 3 is 2.67 bits per heavy atom. The Bertz CT molecular complexity index is 846. The lowest BCUT2D eigenvalue weighted by atomic mass is 10.1. The van der Waals surface area contributed by atoms with Gasteiger partial charge in [0.05, 0.1) is 18.0 Å². The molecular weight excluding hydrogens is 326 g/mol. The normalized spacial score (nSPS) is 10.6. The summed E-state index contributed by atoms with van der Waals surface area (Å²) in [5.41, 5.74) is 5.08. The van der Waals surface area contributed by atoms with Crippen molar-refractivity contribution in [1.82, 2.24) is 15.3 Å². The van der Waals surface area contributed by atoms with E-state index in [4.69, 9.17) is 16.4 Å². The van der Waals surface area contributed by atoms with E-state index in [1.54, 1.807) is 29.8 Å². The van der Waals surface area contributed by atoms with Gasteiger partial charge in [-0.25, -0.2) is 10.2 Å². The fourth-order valence-electron chi connectivity index (χ4n) is 2.29. The van der Waals surface area contributed by atoms with Gasteiger partial charge in [0, 0.05) is 10.6 Å². The molecule has 0 bridgehead atoms. The average Bonchev–Trinajstić information content (AvgIpc) is 3.06. The highest BCUT2D eigenvalue weighted by molar-refractivity contribution is 6.30. The van der Waals surface area contributed by atoms with Crippen molar-refractivity contribution < 1.29 is 9.63 Å². The monoisotopic (exact) mass is 341 g/mol. The first-order valence-electron chi connectivity index (χ1n) is 7.52. The Morgan fingerprint density at radius 2 is 1.96 bits per heavy atom. The van der Waals surface area contributed by atoms with Crippen molar-refractivity contribution in [3.8, 4) is 16.9 Å². The number of halogens is 1. The zero-order valence-corrected chi connectivity index (χ0v) is 13.8. The van der Waals surface area contributed by atoms with Crippen LogP contribution in [-0.2, 0) is 4.84 Å². The van der Waals surface area contributed by atoms with E-state index in [2.05, 4.69) is 10.6 Å². The molecule has 0 aliphatic heterocycles. The number of hydrogen-bond acceptors (Lipinski definition) is 3. The van der Waals surface area contributed by atoms with E-state index in [-0.39, 0.29) is 5.91 Å². The second-order valence-corrected chi connectivity index (χ2v) is 5.47. The number of carbonyl (C=O) groups is 1. The molecule has 0 aliphatic carbocycles. The van der Waals surface area contributed by atoms with Crippen LogP contribution in [0.4, 0.5) is 0 Å². The third kappa shape index (κ3) is 3.48. The van der Waals surface area contributed by atoms with Crippen LogP contribution in [0.15, 0.2) is 60.7 Å². The van der Waals surface area contributed by atoms with Crippen molar-refractivity contribution in [2.75, 3.05) is 6.61 Å². The summed E-state index contributed by atoms with van der Waals surface area (Å²) >= 11 is 6.07. The van der Waals surface area contributed by atoms with Gasteiger partial charge in [0.25, 0.3) is 5.91 Å². The number of nitrogens with one attached hydrogen (secondary N) is 1. The van der Waals surface area contributed by atoms with E-state index in [9.17, 15) is 4.79 Å². The molecule has 0 saturated carbocycles. The van der Waals surface area contributed by atoms with E-state index >= 15 is 0 Å². The first kappa shape index (κ1) is 16.2.